The van der Waals surface area contributed by atoms with Gasteiger partial charge in [-0.15, -0.1) is 6.42 Å². The molecule has 0 aromatic heterocycles. The molecule has 0 aromatic carbocycles. The van der Waals surface area contributed by atoms with Gasteiger partial charge in [-0.05, 0) is 74.0 Å². The van der Waals surface area contributed by atoms with E-state index in [0.29, 0.717) is 29.0 Å². The summed E-state index contributed by atoms with van der Waals surface area (Å²) in [5, 5.41) is 11.0. The van der Waals surface area contributed by atoms with Gasteiger partial charge in [0.1, 0.15) is 11.4 Å². The van der Waals surface area contributed by atoms with E-state index in [2.05, 4.69) is 19.8 Å². The molecule has 4 rings (SSSR count). The van der Waals surface area contributed by atoms with Crippen molar-refractivity contribution in [3.63, 3.8) is 0 Å². The Kier molecular flexibility index (Phi) is 3.31. The molecule has 4 saturated carbocycles. The van der Waals surface area contributed by atoms with Crippen molar-refractivity contribution in [1.82, 2.24) is 0 Å². The van der Waals surface area contributed by atoms with Gasteiger partial charge in [-0.3, -0.25) is 4.79 Å². The van der Waals surface area contributed by atoms with Gasteiger partial charge in [-0.25, -0.2) is 0 Å². The third-order valence-corrected chi connectivity index (χ3v) is 8.87. The molecular formula is C21H30O2. The van der Waals surface area contributed by atoms with Gasteiger partial charge >= 0.3 is 0 Å². The summed E-state index contributed by atoms with van der Waals surface area (Å²) in [7, 11) is 0. The Hall–Kier alpha value is -0.810. The van der Waals surface area contributed by atoms with Crippen LogP contribution in [0, 0.1) is 46.8 Å². The summed E-state index contributed by atoms with van der Waals surface area (Å²) in [6, 6.07) is 0. The van der Waals surface area contributed by atoms with E-state index in [1.165, 1.54) is 19.3 Å². The highest BCUT2D eigenvalue weighted by molar-refractivity contribution is 5.79. The maximum atomic E-state index is 11.9. The van der Waals surface area contributed by atoms with Gasteiger partial charge in [0.25, 0.3) is 0 Å². The summed E-state index contributed by atoms with van der Waals surface area (Å²) in [5.41, 5.74) is -0.658. The lowest BCUT2D eigenvalue weighted by molar-refractivity contribution is -0.147. The zero-order valence-electron chi connectivity index (χ0n) is 14.6. The van der Waals surface area contributed by atoms with Crippen LogP contribution in [0.15, 0.2) is 0 Å². The molecule has 0 aliphatic heterocycles. The van der Waals surface area contributed by atoms with E-state index in [4.69, 9.17) is 6.42 Å². The van der Waals surface area contributed by atoms with Crippen LogP contribution < -0.4 is 0 Å². The van der Waals surface area contributed by atoms with Gasteiger partial charge in [-0.1, -0.05) is 19.8 Å². The molecule has 2 nitrogen and oxygen atoms in total. The Morgan fingerprint density at radius 3 is 2.57 bits per heavy atom. The van der Waals surface area contributed by atoms with Gasteiger partial charge in [0.05, 0.1) is 0 Å². The van der Waals surface area contributed by atoms with Crippen LogP contribution in [-0.4, -0.2) is 16.5 Å². The standard InChI is InChI=1S/C21H30O2/c1-4-21(23)12-9-18-16-6-5-14-13-15(22)7-10-19(14,2)17(16)8-11-20(18,21)3/h1,14,16-18,23H,5-13H2,2-3H3/t14-,16-,17+,18-,19+,20-,21-/m1/s1. The smallest absolute Gasteiger partial charge is 0.133 e. The van der Waals surface area contributed by atoms with Crippen LogP contribution in [0.1, 0.15) is 71.6 Å². The van der Waals surface area contributed by atoms with Crippen molar-refractivity contribution in [2.75, 3.05) is 0 Å². The molecule has 0 heterocycles. The number of aliphatic hydroxyl groups is 1. The molecule has 0 aromatic rings. The highest BCUT2D eigenvalue weighted by Crippen LogP contribution is 2.67. The molecule has 1 N–H and O–H groups in total. The summed E-state index contributed by atoms with van der Waals surface area (Å²) in [6.45, 7) is 4.71. The second-order valence-corrected chi connectivity index (χ2v) is 9.40. The molecule has 126 valence electrons. The molecule has 4 aliphatic rings. The summed E-state index contributed by atoms with van der Waals surface area (Å²) in [4.78, 5) is 11.9. The molecular weight excluding hydrogens is 284 g/mol. The number of ketones is 1. The van der Waals surface area contributed by atoms with Gasteiger partial charge < -0.3 is 5.11 Å². The number of carbonyl (C=O) groups is 1. The fraction of sp³-hybridized carbons (Fsp3) is 0.857. The molecule has 23 heavy (non-hydrogen) atoms. The Balaban J connectivity index is 1.66. The summed E-state index contributed by atoms with van der Waals surface area (Å²) in [5.74, 6) is 5.83. The monoisotopic (exact) mass is 314 g/mol. The highest BCUT2D eigenvalue weighted by Gasteiger charge is 2.64. The van der Waals surface area contributed by atoms with Crippen LogP contribution in [0.5, 0.6) is 0 Å². The predicted octanol–water partition coefficient (Wildman–Crippen LogP) is 3.96. The molecule has 0 saturated heterocycles. The summed E-state index contributed by atoms with van der Waals surface area (Å²) >= 11 is 0. The average molecular weight is 314 g/mol. The largest absolute Gasteiger partial charge is 0.377 e. The van der Waals surface area contributed by atoms with Gasteiger partial charge in [0.2, 0.25) is 0 Å². The average Bonchev–Trinajstić information content (AvgIpc) is 2.80. The number of terminal acetylenes is 1. The van der Waals surface area contributed by atoms with Crippen molar-refractivity contribution in [3.8, 4) is 12.3 Å². The summed E-state index contributed by atoms with van der Waals surface area (Å²) in [6.07, 6.45) is 14.9. The topological polar surface area (TPSA) is 37.3 Å². The lowest BCUT2D eigenvalue weighted by Crippen LogP contribution is -2.56. The van der Waals surface area contributed by atoms with E-state index in [1.54, 1.807) is 0 Å². The fourth-order valence-corrected chi connectivity index (χ4v) is 7.30. The first kappa shape index (κ1) is 15.7. The second kappa shape index (κ2) is 4.85. The first-order valence-corrected chi connectivity index (χ1v) is 9.56. The van der Waals surface area contributed by atoms with E-state index >= 15 is 0 Å². The third-order valence-electron chi connectivity index (χ3n) is 8.87. The van der Waals surface area contributed by atoms with Crippen LogP contribution >= 0.6 is 0 Å². The second-order valence-electron chi connectivity index (χ2n) is 9.40. The SMILES string of the molecule is C#C[C@@]1(O)CC[C@@H]2[C@@H]3CC[C@@H]4CC(=O)CC[C@]4(C)[C@H]3CC[C@]21C. The lowest BCUT2D eigenvalue weighted by Gasteiger charge is -2.60. The lowest BCUT2D eigenvalue weighted by atomic mass is 9.44. The van der Waals surface area contributed by atoms with Crippen molar-refractivity contribution < 1.29 is 9.90 Å². The van der Waals surface area contributed by atoms with E-state index in [0.717, 1.165) is 44.4 Å². The Morgan fingerprint density at radius 2 is 1.83 bits per heavy atom. The van der Waals surface area contributed by atoms with Gasteiger partial charge in [0, 0.05) is 18.3 Å². The minimum absolute atomic E-state index is 0.101. The van der Waals surface area contributed by atoms with Crippen LogP contribution in [-0.2, 0) is 4.79 Å². The van der Waals surface area contributed by atoms with Crippen LogP contribution in [0.4, 0.5) is 0 Å². The van der Waals surface area contributed by atoms with E-state index in [9.17, 15) is 9.90 Å². The van der Waals surface area contributed by atoms with Crippen LogP contribution in [0.2, 0.25) is 0 Å². The van der Waals surface area contributed by atoms with Gasteiger partial charge in [0.15, 0.2) is 0 Å². The molecule has 2 heteroatoms. The maximum absolute atomic E-state index is 11.9. The fourth-order valence-electron chi connectivity index (χ4n) is 7.30. The zero-order chi connectivity index (χ0) is 16.5. The Morgan fingerprint density at radius 1 is 1.09 bits per heavy atom. The van der Waals surface area contributed by atoms with Crippen molar-refractivity contribution >= 4 is 5.78 Å². The van der Waals surface area contributed by atoms with Crippen LogP contribution in [0.25, 0.3) is 0 Å². The molecule has 0 bridgehead atoms. The molecule has 0 unspecified atom stereocenters. The quantitative estimate of drug-likeness (QED) is 0.687. The van der Waals surface area contributed by atoms with Crippen molar-refractivity contribution in [2.45, 2.75) is 77.2 Å². The van der Waals surface area contributed by atoms with Crippen molar-refractivity contribution in [1.29, 1.82) is 0 Å². The first-order chi connectivity index (χ1) is 10.8. The maximum Gasteiger partial charge on any atom is 0.133 e. The van der Waals surface area contributed by atoms with E-state index < -0.39 is 5.60 Å². The first-order valence-electron chi connectivity index (χ1n) is 9.56. The van der Waals surface area contributed by atoms with E-state index in [-0.39, 0.29) is 5.41 Å². The van der Waals surface area contributed by atoms with Crippen LogP contribution in [0.3, 0.4) is 0 Å². The van der Waals surface area contributed by atoms with Crippen molar-refractivity contribution in [2.24, 2.45) is 34.5 Å². The van der Waals surface area contributed by atoms with Crippen molar-refractivity contribution in [3.05, 3.63) is 0 Å². The zero-order valence-corrected chi connectivity index (χ0v) is 14.6. The molecule has 4 aliphatic carbocycles. The number of fused-ring (bicyclic) bond motifs is 5. The molecule has 4 fully saturated rings. The van der Waals surface area contributed by atoms with Gasteiger partial charge in [-0.2, -0.15) is 0 Å². The molecule has 0 spiro atoms. The summed E-state index contributed by atoms with van der Waals surface area (Å²) < 4.78 is 0. The highest BCUT2D eigenvalue weighted by atomic mass is 16.3. The van der Waals surface area contributed by atoms with E-state index in [1.807, 2.05) is 0 Å². The normalized spacial score (nSPS) is 55.5. The minimum atomic E-state index is -0.900. The Labute approximate surface area is 140 Å². The number of Topliss-reactive ketones (excluding diaryl/α,β-unsaturated/α-hetero) is 1. The predicted molar refractivity (Wildman–Crippen MR) is 90.5 cm³/mol. The number of hydrogen-bond donors (Lipinski definition) is 1. The number of carbonyl (C=O) groups excluding carboxylic acids is 1. The minimum Gasteiger partial charge on any atom is -0.377 e. The number of hydrogen-bond acceptors (Lipinski definition) is 2. The third kappa shape index (κ3) is 1.89. The number of rotatable bonds is 0. The molecule has 0 amide bonds. The Bertz CT molecular complexity index is 575. The molecule has 7 atom stereocenters. The molecule has 0 radical (unpaired) electrons.